The van der Waals surface area contributed by atoms with Crippen LogP contribution in [0.1, 0.15) is 58.6 Å². The number of hydrogen-bond acceptors (Lipinski definition) is 6. The number of methoxy groups -OCH3 is 1. The molecule has 0 spiro atoms. The predicted octanol–water partition coefficient (Wildman–Crippen LogP) is 4.27. The summed E-state index contributed by atoms with van der Waals surface area (Å²) in [7, 11) is -2.78. The Morgan fingerprint density at radius 3 is 2.44 bits per heavy atom. The summed E-state index contributed by atoms with van der Waals surface area (Å²) < 4.78 is 34.0. The lowest BCUT2D eigenvalue weighted by Gasteiger charge is -2.27. The summed E-state index contributed by atoms with van der Waals surface area (Å²) in [5.41, 5.74) is 3.04. The molecule has 3 rings (SSSR count). The molecule has 2 aromatic rings. The van der Waals surface area contributed by atoms with Gasteiger partial charge in [0.1, 0.15) is 0 Å². The van der Waals surface area contributed by atoms with Crippen molar-refractivity contribution in [1.29, 1.82) is 0 Å². The Morgan fingerprint density at radius 1 is 1.19 bits per heavy atom. The van der Waals surface area contributed by atoms with Gasteiger partial charge in [-0.1, -0.05) is 19.9 Å². The number of benzene rings is 1. The highest BCUT2D eigenvalue weighted by Crippen LogP contribution is 2.37. The molecule has 1 amide bonds. The molecular formula is C23H30N2O5S2. The Bertz CT molecular complexity index is 1120. The number of fused-ring (bicyclic) bond motifs is 1. The van der Waals surface area contributed by atoms with Crippen molar-refractivity contribution in [3.8, 4) is 0 Å². The van der Waals surface area contributed by atoms with Gasteiger partial charge in [-0.25, -0.2) is 13.2 Å². The Labute approximate surface area is 193 Å². The Morgan fingerprint density at radius 2 is 1.84 bits per heavy atom. The third-order valence-electron chi connectivity index (χ3n) is 5.42. The number of hydrogen-bond donors (Lipinski definition) is 1. The summed E-state index contributed by atoms with van der Waals surface area (Å²) in [6, 6.07) is 5.43. The Hall–Kier alpha value is -2.39. The van der Waals surface area contributed by atoms with Gasteiger partial charge >= 0.3 is 5.97 Å². The molecule has 32 heavy (non-hydrogen) atoms. The number of ether oxygens (including phenoxy) is 1. The van der Waals surface area contributed by atoms with Gasteiger partial charge in [0.25, 0.3) is 10.0 Å². The first-order valence-corrected chi connectivity index (χ1v) is 12.9. The van der Waals surface area contributed by atoms with Gasteiger partial charge in [-0.2, -0.15) is 0 Å². The monoisotopic (exact) mass is 478 g/mol. The molecule has 0 radical (unpaired) electrons. The molecule has 7 nitrogen and oxygen atoms in total. The number of rotatable bonds is 7. The van der Waals surface area contributed by atoms with Crippen molar-refractivity contribution in [1.82, 2.24) is 4.90 Å². The summed E-state index contributed by atoms with van der Waals surface area (Å²) in [6.07, 6.45) is 1.68. The largest absolute Gasteiger partial charge is 0.465 e. The fourth-order valence-electron chi connectivity index (χ4n) is 3.89. The van der Waals surface area contributed by atoms with E-state index in [1.165, 1.54) is 7.11 Å². The summed E-state index contributed by atoms with van der Waals surface area (Å²) in [5, 5.41) is 0. The molecule has 2 heterocycles. The fraction of sp³-hybridized carbons (Fsp3) is 0.478. The second-order valence-electron chi connectivity index (χ2n) is 8.64. The third kappa shape index (κ3) is 5.32. The molecule has 0 aliphatic carbocycles. The van der Waals surface area contributed by atoms with Crippen molar-refractivity contribution < 1.29 is 22.7 Å². The highest BCUT2D eigenvalue weighted by molar-refractivity contribution is 7.94. The van der Waals surface area contributed by atoms with Crippen LogP contribution in [0.25, 0.3) is 0 Å². The van der Waals surface area contributed by atoms with Gasteiger partial charge < -0.3 is 9.64 Å². The van der Waals surface area contributed by atoms with E-state index in [4.69, 9.17) is 4.74 Å². The Balaban J connectivity index is 1.95. The molecule has 0 atom stereocenters. The number of sulfonamides is 1. The average Bonchev–Trinajstić information content (AvgIpc) is 3.10. The molecule has 1 aliphatic heterocycles. The highest BCUT2D eigenvalue weighted by atomic mass is 32.2. The maximum atomic E-state index is 13.3. The number of carbonyl (C=O) groups excluding carboxylic acids is 2. The topological polar surface area (TPSA) is 92.8 Å². The summed E-state index contributed by atoms with van der Waals surface area (Å²) >= 11 is 1.04. The summed E-state index contributed by atoms with van der Waals surface area (Å²) in [4.78, 5) is 27.6. The van der Waals surface area contributed by atoms with Crippen LogP contribution < -0.4 is 4.72 Å². The van der Waals surface area contributed by atoms with Crippen LogP contribution in [0.3, 0.4) is 0 Å². The average molecular weight is 479 g/mol. The molecule has 1 N–H and O–H groups in total. The smallest absolute Gasteiger partial charge is 0.340 e. The maximum absolute atomic E-state index is 13.3. The quantitative estimate of drug-likeness (QED) is 0.600. The van der Waals surface area contributed by atoms with Crippen LogP contribution in [-0.4, -0.2) is 38.8 Å². The highest BCUT2D eigenvalue weighted by Gasteiger charge is 2.35. The minimum Gasteiger partial charge on any atom is -0.465 e. The number of nitrogens with one attached hydrogen (secondary N) is 1. The van der Waals surface area contributed by atoms with Gasteiger partial charge in [0.15, 0.2) is 4.21 Å². The lowest BCUT2D eigenvalue weighted by molar-refractivity contribution is -0.132. The summed E-state index contributed by atoms with van der Waals surface area (Å²) in [6.45, 7) is 8.68. The van der Waals surface area contributed by atoms with Gasteiger partial charge in [-0.3, -0.25) is 9.52 Å². The molecule has 0 saturated carbocycles. The van der Waals surface area contributed by atoms with Crippen LogP contribution in [0.5, 0.6) is 0 Å². The van der Waals surface area contributed by atoms with Crippen LogP contribution in [-0.2, 0) is 32.5 Å². The predicted molar refractivity (Wildman–Crippen MR) is 126 cm³/mol. The number of thiophene rings is 1. The normalized spacial score (nSPS) is 13.8. The van der Waals surface area contributed by atoms with Gasteiger partial charge in [-0.05, 0) is 61.4 Å². The Kier molecular flexibility index (Phi) is 7.29. The van der Waals surface area contributed by atoms with E-state index in [0.717, 1.165) is 33.8 Å². The van der Waals surface area contributed by atoms with E-state index < -0.39 is 16.0 Å². The molecule has 0 saturated heterocycles. The van der Waals surface area contributed by atoms with Gasteiger partial charge in [0.05, 0.1) is 19.2 Å². The third-order valence-corrected chi connectivity index (χ3v) is 8.54. The van der Waals surface area contributed by atoms with Crippen LogP contribution in [0.15, 0.2) is 22.4 Å². The van der Waals surface area contributed by atoms with Gasteiger partial charge in [-0.15, -0.1) is 11.3 Å². The molecule has 0 bridgehead atoms. The zero-order valence-corrected chi connectivity index (χ0v) is 20.8. The van der Waals surface area contributed by atoms with E-state index >= 15 is 0 Å². The number of esters is 1. The van der Waals surface area contributed by atoms with E-state index in [9.17, 15) is 18.0 Å². The standard InChI is InChI=1S/C23H30N2O5S2/c1-14(2)6-7-20(26)25-9-8-18-19(13-25)31-23(21(18)22(27)30-5)32(28,29)24-17-11-15(3)10-16(4)12-17/h10-12,14,24H,6-9,13H2,1-5H3. The van der Waals surface area contributed by atoms with E-state index in [1.807, 2.05) is 19.9 Å². The first-order valence-electron chi connectivity index (χ1n) is 10.6. The molecule has 0 unspecified atom stereocenters. The van der Waals surface area contributed by atoms with E-state index in [1.54, 1.807) is 17.0 Å². The lowest BCUT2D eigenvalue weighted by Crippen LogP contribution is -2.35. The summed E-state index contributed by atoms with van der Waals surface area (Å²) in [5.74, 6) is -0.196. The van der Waals surface area contributed by atoms with Crippen molar-refractivity contribution in [3.63, 3.8) is 0 Å². The van der Waals surface area contributed by atoms with Crippen LogP contribution in [0, 0.1) is 19.8 Å². The van der Waals surface area contributed by atoms with Crippen molar-refractivity contribution in [2.75, 3.05) is 18.4 Å². The molecule has 1 aromatic heterocycles. The molecule has 0 fully saturated rings. The second-order valence-corrected chi connectivity index (χ2v) is 11.6. The second kappa shape index (κ2) is 9.62. The van der Waals surface area contributed by atoms with Crippen LogP contribution in [0.2, 0.25) is 0 Å². The van der Waals surface area contributed by atoms with Gasteiger partial charge in [0, 0.05) is 23.5 Å². The SMILES string of the molecule is COC(=O)c1c(S(=O)(=O)Nc2cc(C)cc(C)c2)sc2c1CCN(C(=O)CCC(C)C)C2. The minimum atomic E-state index is -4.02. The van der Waals surface area contributed by atoms with Crippen molar-refractivity contribution >= 4 is 38.9 Å². The van der Waals surface area contributed by atoms with Crippen molar-refractivity contribution in [2.24, 2.45) is 5.92 Å². The van der Waals surface area contributed by atoms with Crippen LogP contribution >= 0.6 is 11.3 Å². The van der Waals surface area contributed by atoms with E-state index in [2.05, 4.69) is 18.6 Å². The number of anilines is 1. The molecule has 1 aromatic carbocycles. The van der Waals surface area contributed by atoms with Gasteiger partial charge in [0.2, 0.25) is 5.91 Å². The zero-order valence-electron chi connectivity index (χ0n) is 19.1. The zero-order chi connectivity index (χ0) is 23.6. The fourth-order valence-corrected chi connectivity index (χ4v) is 6.84. The number of nitrogens with zero attached hydrogens (tertiary/aromatic N) is 1. The first kappa shape index (κ1) is 24.3. The van der Waals surface area contributed by atoms with Crippen molar-refractivity contribution in [3.05, 3.63) is 45.3 Å². The number of amides is 1. The first-order chi connectivity index (χ1) is 15.0. The maximum Gasteiger partial charge on any atom is 0.340 e. The van der Waals surface area contributed by atoms with Crippen molar-refractivity contribution in [2.45, 2.75) is 57.7 Å². The molecule has 1 aliphatic rings. The lowest BCUT2D eigenvalue weighted by atomic mass is 10.0. The molecule has 174 valence electrons. The minimum absolute atomic E-state index is 0.0511. The van der Waals surface area contributed by atoms with E-state index in [0.29, 0.717) is 43.1 Å². The van der Waals surface area contributed by atoms with Crippen LogP contribution in [0.4, 0.5) is 5.69 Å². The number of aryl methyl sites for hydroxylation is 2. The number of carbonyl (C=O) groups is 2. The molecular weight excluding hydrogens is 448 g/mol. The van der Waals surface area contributed by atoms with E-state index in [-0.39, 0.29) is 15.7 Å². The molecule has 9 heteroatoms.